The van der Waals surface area contributed by atoms with Crippen LogP contribution < -0.4 is 11.1 Å². The molecule has 0 fully saturated rings. The van der Waals surface area contributed by atoms with Gasteiger partial charge in [-0.3, -0.25) is 4.79 Å². The monoisotopic (exact) mass is 208 g/mol. The number of hydrogen-bond donors (Lipinski definition) is 2. The fraction of sp³-hybridized carbons (Fsp3) is 0.500. The number of primary amides is 1. The molecule has 0 aliphatic heterocycles. The minimum Gasteiger partial charge on any atom is -0.366 e. The van der Waals surface area contributed by atoms with Crippen LogP contribution >= 0.6 is 0 Å². The van der Waals surface area contributed by atoms with Crippen LogP contribution in [-0.4, -0.2) is 21.9 Å². The van der Waals surface area contributed by atoms with E-state index in [9.17, 15) is 4.79 Å². The molecule has 1 atom stereocenters. The van der Waals surface area contributed by atoms with E-state index in [4.69, 9.17) is 5.73 Å². The van der Waals surface area contributed by atoms with Gasteiger partial charge in [-0.2, -0.15) is 0 Å². The lowest BCUT2D eigenvalue weighted by molar-refractivity contribution is 0.0999. The maximum atomic E-state index is 10.8. The number of rotatable bonds is 4. The summed E-state index contributed by atoms with van der Waals surface area (Å²) >= 11 is 0. The highest BCUT2D eigenvalue weighted by Crippen LogP contribution is 2.07. The van der Waals surface area contributed by atoms with Gasteiger partial charge in [0.05, 0.1) is 5.56 Å². The Labute approximate surface area is 89.1 Å². The molecule has 0 unspecified atom stereocenters. The third-order valence-electron chi connectivity index (χ3n) is 2.29. The number of nitrogens with one attached hydrogen (secondary N) is 1. The van der Waals surface area contributed by atoms with Crippen LogP contribution in [0.4, 0.5) is 5.95 Å². The van der Waals surface area contributed by atoms with Gasteiger partial charge >= 0.3 is 0 Å². The van der Waals surface area contributed by atoms with E-state index in [1.165, 1.54) is 12.4 Å². The molecule has 0 aliphatic carbocycles. The van der Waals surface area contributed by atoms with Crippen LogP contribution in [0.15, 0.2) is 12.4 Å². The molecule has 5 nitrogen and oxygen atoms in total. The van der Waals surface area contributed by atoms with Crippen molar-refractivity contribution >= 4 is 11.9 Å². The maximum Gasteiger partial charge on any atom is 0.251 e. The standard InChI is InChI=1S/C10H16N4O/c1-6(2)7(3)14-10-12-4-8(5-13-10)9(11)15/h4-7H,1-3H3,(H2,11,15)(H,12,13,14)/t7-/m1/s1. The number of nitrogens with two attached hydrogens (primary N) is 1. The third kappa shape index (κ3) is 3.19. The zero-order chi connectivity index (χ0) is 11.4. The van der Waals surface area contributed by atoms with Gasteiger partial charge < -0.3 is 11.1 Å². The summed E-state index contributed by atoms with van der Waals surface area (Å²) in [5.41, 5.74) is 5.39. The minimum atomic E-state index is -0.515. The number of nitrogens with zero attached hydrogens (tertiary/aromatic N) is 2. The van der Waals surface area contributed by atoms with Crippen LogP contribution in [0.2, 0.25) is 0 Å². The molecule has 15 heavy (non-hydrogen) atoms. The number of anilines is 1. The molecule has 0 aliphatic rings. The van der Waals surface area contributed by atoms with Crippen molar-refractivity contribution in [1.82, 2.24) is 9.97 Å². The molecule has 1 heterocycles. The SMILES string of the molecule is CC(C)[C@@H](C)Nc1ncc(C(N)=O)cn1. The lowest BCUT2D eigenvalue weighted by Crippen LogP contribution is -2.23. The summed E-state index contributed by atoms with van der Waals surface area (Å²) in [5.74, 6) is 0.490. The van der Waals surface area contributed by atoms with Crippen molar-refractivity contribution in [2.75, 3.05) is 5.32 Å². The topological polar surface area (TPSA) is 80.9 Å². The maximum absolute atomic E-state index is 10.8. The van der Waals surface area contributed by atoms with E-state index < -0.39 is 5.91 Å². The fourth-order valence-electron chi connectivity index (χ4n) is 0.900. The van der Waals surface area contributed by atoms with Crippen LogP contribution in [0.25, 0.3) is 0 Å². The van der Waals surface area contributed by atoms with Gasteiger partial charge in [-0.05, 0) is 12.8 Å². The summed E-state index contributed by atoms with van der Waals surface area (Å²) in [6.07, 6.45) is 2.84. The molecule has 0 radical (unpaired) electrons. The van der Waals surface area contributed by atoms with E-state index in [0.29, 0.717) is 17.4 Å². The highest BCUT2D eigenvalue weighted by molar-refractivity contribution is 5.92. The van der Waals surface area contributed by atoms with Gasteiger partial charge in [0.1, 0.15) is 0 Å². The molecule has 1 rings (SSSR count). The molecule has 0 spiro atoms. The van der Waals surface area contributed by atoms with Crippen molar-refractivity contribution in [3.8, 4) is 0 Å². The highest BCUT2D eigenvalue weighted by Gasteiger charge is 2.08. The number of aromatic nitrogens is 2. The Bertz CT molecular complexity index is 334. The highest BCUT2D eigenvalue weighted by atomic mass is 16.1. The van der Waals surface area contributed by atoms with Crippen molar-refractivity contribution < 1.29 is 4.79 Å². The first kappa shape index (κ1) is 11.4. The first-order chi connectivity index (χ1) is 7.00. The molecular formula is C10H16N4O. The quantitative estimate of drug-likeness (QED) is 0.774. The predicted molar refractivity (Wildman–Crippen MR) is 58.5 cm³/mol. The summed E-state index contributed by atoms with van der Waals surface area (Å²) in [5, 5.41) is 3.13. The van der Waals surface area contributed by atoms with Crippen molar-refractivity contribution in [1.29, 1.82) is 0 Å². The second-order valence-electron chi connectivity index (χ2n) is 3.84. The van der Waals surface area contributed by atoms with Crippen molar-refractivity contribution in [2.45, 2.75) is 26.8 Å². The second-order valence-corrected chi connectivity index (χ2v) is 3.84. The molecule has 3 N–H and O–H groups in total. The Morgan fingerprint density at radius 1 is 1.33 bits per heavy atom. The Hall–Kier alpha value is -1.65. The molecule has 1 amide bonds. The van der Waals surface area contributed by atoms with Gasteiger partial charge in [0.2, 0.25) is 5.95 Å². The van der Waals surface area contributed by atoms with E-state index in [1.54, 1.807) is 0 Å². The number of carbonyl (C=O) groups excluding carboxylic acids is 1. The van der Waals surface area contributed by atoms with E-state index in [-0.39, 0.29) is 6.04 Å². The van der Waals surface area contributed by atoms with Crippen LogP contribution in [0.3, 0.4) is 0 Å². The van der Waals surface area contributed by atoms with Gasteiger partial charge in [0.25, 0.3) is 5.91 Å². The number of carbonyl (C=O) groups is 1. The van der Waals surface area contributed by atoms with Gasteiger partial charge in [0, 0.05) is 18.4 Å². The average molecular weight is 208 g/mol. The Morgan fingerprint density at radius 3 is 2.27 bits per heavy atom. The molecule has 0 aromatic carbocycles. The van der Waals surface area contributed by atoms with Crippen molar-refractivity contribution in [3.63, 3.8) is 0 Å². The smallest absolute Gasteiger partial charge is 0.251 e. The van der Waals surface area contributed by atoms with Crippen LogP contribution in [0.1, 0.15) is 31.1 Å². The molecule has 1 aromatic heterocycles. The summed E-state index contributed by atoms with van der Waals surface area (Å²) in [6.45, 7) is 6.26. The average Bonchev–Trinajstić information content (AvgIpc) is 2.18. The Balaban J connectivity index is 2.68. The van der Waals surface area contributed by atoms with E-state index in [1.807, 2.05) is 0 Å². The lowest BCUT2D eigenvalue weighted by Gasteiger charge is -2.16. The Morgan fingerprint density at radius 2 is 1.87 bits per heavy atom. The van der Waals surface area contributed by atoms with Crippen molar-refractivity contribution in [3.05, 3.63) is 18.0 Å². The fourth-order valence-corrected chi connectivity index (χ4v) is 0.900. The van der Waals surface area contributed by atoms with Gasteiger partial charge in [-0.25, -0.2) is 9.97 Å². The van der Waals surface area contributed by atoms with Crippen molar-refractivity contribution in [2.24, 2.45) is 11.7 Å². The molecular weight excluding hydrogens is 192 g/mol. The van der Waals surface area contributed by atoms with Gasteiger partial charge in [-0.15, -0.1) is 0 Å². The molecule has 1 aromatic rings. The van der Waals surface area contributed by atoms with E-state index >= 15 is 0 Å². The largest absolute Gasteiger partial charge is 0.366 e. The summed E-state index contributed by atoms with van der Waals surface area (Å²) in [7, 11) is 0. The molecule has 0 saturated carbocycles. The summed E-state index contributed by atoms with van der Waals surface area (Å²) in [4.78, 5) is 18.8. The minimum absolute atomic E-state index is 0.282. The second kappa shape index (κ2) is 4.72. The van der Waals surface area contributed by atoms with Crippen LogP contribution in [-0.2, 0) is 0 Å². The first-order valence-corrected chi connectivity index (χ1v) is 4.89. The molecule has 5 heteroatoms. The lowest BCUT2D eigenvalue weighted by atomic mass is 10.1. The number of hydrogen-bond acceptors (Lipinski definition) is 4. The summed E-state index contributed by atoms with van der Waals surface area (Å²) in [6, 6.07) is 0.282. The molecule has 0 saturated heterocycles. The van der Waals surface area contributed by atoms with Gasteiger partial charge in [0.15, 0.2) is 0 Å². The zero-order valence-electron chi connectivity index (χ0n) is 9.19. The van der Waals surface area contributed by atoms with Gasteiger partial charge in [-0.1, -0.05) is 13.8 Å². The zero-order valence-corrected chi connectivity index (χ0v) is 9.19. The van der Waals surface area contributed by atoms with E-state index in [0.717, 1.165) is 0 Å². The normalized spacial score (nSPS) is 12.5. The predicted octanol–water partition coefficient (Wildman–Crippen LogP) is 1.03. The van der Waals surface area contributed by atoms with E-state index in [2.05, 4.69) is 36.1 Å². The van der Waals surface area contributed by atoms with Crippen LogP contribution in [0.5, 0.6) is 0 Å². The number of amides is 1. The molecule has 0 bridgehead atoms. The Kier molecular flexibility index (Phi) is 3.60. The summed E-state index contributed by atoms with van der Waals surface area (Å²) < 4.78 is 0. The third-order valence-corrected chi connectivity index (χ3v) is 2.29. The van der Waals surface area contributed by atoms with Crippen LogP contribution in [0, 0.1) is 5.92 Å². The molecule has 82 valence electrons. The first-order valence-electron chi connectivity index (χ1n) is 4.89.